The zero-order chi connectivity index (χ0) is 30.7. The summed E-state index contributed by atoms with van der Waals surface area (Å²) in [5.74, 6) is 0.141. The van der Waals surface area contributed by atoms with Crippen molar-refractivity contribution in [1.82, 2.24) is 25.9 Å². The standard InChI is InChI=1S/C30H29F4N9/c1-16-21(4-5-24(31)39-16)27(23-14-43(42-41-23)29-8-17(9-29)10-29)40-20-6-18(11-35)25-22(7-20)26(19(12-36)13-37-25)38-15-28(2,3)30(32,33)34/h4-7,13-14,17,27,40-42H,8-10,15H2,1-3H3,(H,37,38)/t17?,27-,29?/m0/s1. The lowest BCUT2D eigenvalue weighted by Crippen LogP contribution is -2.69. The minimum Gasteiger partial charge on any atom is -0.382 e. The summed E-state index contributed by atoms with van der Waals surface area (Å²) in [4.78, 5) is 8.29. The average Bonchev–Trinajstić information content (AvgIpc) is 3.37. The van der Waals surface area contributed by atoms with Crippen LogP contribution in [-0.2, 0) is 0 Å². The quantitative estimate of drug-likeness (QED) is 0.193. The van der Waals surface area contributed by atoms with E-state index < -0.39 is 30.1 Å². The van der Waals surface area contributed by atoms with Crippen molar-refractivity contribution in [1.29, 1.82) is 10.5 Å². The van der Waals surface area contributed by atoms with Crippen molar-refractivity contribution in [2.45, 2.75) is 57.8 Å². The molecule has 3 saturated carbocycles. The summed E-state index contributed by atoms with van der Waals surface area (Å²) in [6, 6.07) is 9.67. The van der Waals surface area contributed by atoms with Crippen molar-refractivity contribution < 1.29 is 17.6 Å². The molecule has 0 spiro atoms. The SMILES string of the molecule is Cc1nc(F)ccc1[C@H](Nc1cc(C#N)c2ncc(C#N)c(NCC(C)(C)C(F)(F)F)c2c1)C1=CN(C23CC(C2)C3)NN1. The fraction of sp³-hybridized carbons (Fsp3) is 0.400. The Morgan fingerprint density at radius 1 is 1.14 bits per heavy atom. The van der Waals surface area contributed by atoms with E-state index in [1.54, 1.807) is 25.1 Å². The van der Waals surface area contributed by atoms with E-state index in [1.807, 2.05) is 12.3 Å². The van der Waals surface area contributed by atoms with Crippen LogP contribution in [0, 0.1) is 46.9 Å². The molecule has 0 radical (unpaired) electrons. The van der Waals surface area contributed by atoms with Crippen LogP contribution in [-0.4, -0.2) is 33.2 Å². The first-order valence-corrected chi connectivity index (χ1v) is 13.8. The highest BCUT2D eigenvalue weighted by molar-refractivity contribution is 5.99. The number of nitriles is 2. The number of aromatic nitrogens is 2. The smallest absolute Gasteiger partial charge is 0.382 e. The van der Waals surface area contributed by atoms with Gasteiger partial charge in [0.05, 0.1) is 45.0 Å². The second-order valence-electron chi connectivity index (χ2n) is 12.2. The van der Waals surface area contributed by atoms with Crippen molar-refractivity contribution in [3.63, 3.8) is 0 Å². The van der Waals surface area contributed by atoms with E-state index in [0.717, 1.165) is 44.7 Å². The molecule has 3 aromatic rings. The van der Waals surface area contributed by atoms with Gasteiger partial charge in [0.25, 0.3) is 0 Å². The number of hydrogen-bond acceptors (Lipinski definition) is 9. The highest BCUT2D eigenvalue weighted by atomic mass is 19.4. The first-order valence-electron chi connectivity index (χ1n) is 13.8. The number of anilines is 2. The lowest BCUT2D eigenvalue weighted by molar-refractivity contribution is -0.206. The summed E-state index contributed by atoms with van der Waals surface area (Å²) < 4.78 is 54.9. The van der Waals surface area contributed by atoms with Gasteiger partial charge in [0.1, 0.15) is 12.1 Å². The number of nitrogens with zero attached hydrogens (tertiary/aromatic N) is 5. The van der Waals surface area contributed by atoms with Gasteiger partial charge in [-0.05, 0) is 64.2 Å². The van der Waals surface area contributed by atoms with Gasteiger partial charge in [-0.25, -0.2) is 4.98 Å². The maximum absolute atomic E-state index is 14.0. The molecule has 3 fully saturated rings. The third-order valence-corrected chi connectivity index (χ3v) is 8.82. The molecule has 3 heterocycles. The zero-order valence-corrected chi connectivity index (χ0v) is 23.7. The van der Waals surface area contributed by atoms with E-state index in [1.165, 1.54) is 12.3 Å². The van der Waals surface area contributed by atoms with Gasteiger partial charge in [0.15, 0.2) is 0 Å². The zero-order valence-electron chi connectivity index (χ0n) is 23.7. The number of alkyl halides is 3. The summed E-state index contributed by atoms with van der Waals surface area (Å²) in [5.41, 5.74) is 7.33. The summed E-state index contributed by atoms with van der Waals surface area (Å²) in [6.45, 7) is 3.33. The molecule has 0 saturated heterocycles. The molecule has 4 N–H and O–H groups in total. The highest BCUT2D eigenvalue weighted by Gasteiger charge is 2.60. The van der Waals surface area contributed by atoms with Crippen molar-refractivity contribution in [2.24, 2.45) is 11.3 Å². The Hall–Kier alpha value is -4.62. The minimum absolute atomic E-state index is 0.0419. The molecule has 43 heavy (non-hydrogen) atoms. The Kier molecular flexibility index (Phi) is 6.62. The monoisotopic (exact) mass is 591 g/mol. The number of hydrogen-bond donors (Lipinski definition) is 4. The number of benzene rings is 1. The topological polar surface area (TPSA) is 125 Å². The first-order chi connectivity index (χ1) is 20.3. The maximum Gasteiger partial charge on any atom is 0.395 e. The van der Waals surface area contributed by atoms with Gasteiger partial charge in [-0.1, -0.05) is 6.07 Å². The molecule has 1 aliphatic heterocycles. The van der Waals surface area contributed by atoms with E-state index in [-0.39, 0.29) is 27.9 Å². The summed E-state index contributed by atoms with van der Waals surface area (Å²) in [5, 5.41) is 28.4. The molecular formula is C30H29F4N9. The van der Waals surface area contributed by atoms with Gasteiger partial charge in [-0.3, -0.25) is 9.99 Å². The molecule has 13 heteroatoms. The molecule has 1 atom stereocenters. The Morgan fingerprint density at radius 3 is 2.47 bits per heavy atom. The minimum atomic E-state index is -4.49. The van der Waals surface area contributed by atoms with Crippen LogP contribution in [0.2, 0.25) is 0 Å². The average molecular weight is 592 g/mol. The predicted molar refractivity (Wildman–Crippen MR) is 151 cm³/mol. The van der Waals surface area contributed by atoms with Crippen LogP contribution in [0.15, 0.2) is 42.4 Å². The first kappa shape index (κ1) is 28.5. The number of rotatable bonds is 8. The second kappa shape index (κ2) is 9.99. The van der Waals surface area contributed by atoms with Gasteiger partial charge >= 0.3 is 6.18 Å². The molecular weight excluding hydrogens is 562 g/mol. The summed E-state index contributed by atoms with van der Waals surface area (Å²) in [6.07, 6.45) is 2.04. The summed E-state index contributed by atoms with van der Waals surface area (Å²) >= 11 is 0. The Labute approximate surface area is 245 Å². The molecule has 1 aromatic carbocycles. The van der Waals surface area contributed by atoms with E-state index >= 15 is 0 Å². The van der Waals surface area contributed by atoms with Crippen LogP contribution in [0.5, 0.6) is 0 Å². The van der Waals surface area contributed by atoms with E-state index in [0.29, 0.717) is 22.3 Å². The highest BCUT2D eigenvalue weighted by Crippen LogP contribution is 2.60. The number of hydrazine groups is 2. The predicted octanol–water partition coefficient (Wildman–Crippen LogP) is 5.69. The Bertz CT molecular complexity index is 1720. The maximum atomic E-state index is 14.0. The van der Waals surface area contributed by atoms with Gasteiger partial charge in [-0.15, -0.1) is 5.53 Å². The van der Waals surface area contributed by atoms with Gasteiger partial charge < -0.3 is 16.1 Å². The third-order valence-electron chi connectivity index (χ3n) is 8.82. The van der Waals surface area contributed by atoms with Crippen LogP contribution < -0.4 is 21.6 Å². The van der Waals surface area contributed by atoms with Crippen molar-refractivity contribution in [2.75, 3.05) is 17.2 Å². The number of nitrogens with one attached hydrogen (secondary N) is 4. The fourth-order valence-electron chi connectivity index (χ4n) is 5.95. The largest absolute Gasteiger partial charge is 0.395 e. The van der Waals surface area contributed by atoms with E-state index in [9.17, 15) is 28.1 Å². The third kappa shape index (κ3) is 4.83. The number of aryl methyl sites for hydroxylation is 1. The van der Waals surface area contributed by atoms with Crippen LogP contribution in [0.1, 0.15) is 61.5 Å². The van der Waals surface area contributed by atoms with E-state index in [4.69, 9.17) is 0 Å². The van der Waals surface area contributed by atoms with Gasteiger partial charge in [0, 0.05) is 41.3 Å². The Morgan fingerprint density at radius 2 is 1.86 bits per heavy atom. The van der Waals surface area contributed by atoms with Crippen molar-refractivity contribution in [3.8, 4) is 12.1 Å². The number of halogens is 4. The molecule has 4 aliphatic rings. The van der Waals surface area contributed by atoms with Gasteiger partial charge in [-0.2, -0.15) is 28.1 Å². The fourth-order valence-corrected chi connectivity index (χ4v) is 5.95. The van der Waals surface area contributed by atoms with Crippen LogP contribution in [0.4, 0.5) is 28.9 Å². The molecule has 2 bridgehead atoms. The molecule has 2 aromatic heterocycles. The molecule has 9 nitrogen and oxygen atoms in total. The van der Waals surface area contributed by atoms with Crippen LogP contribution in [0.3, 0.4) is 0 Å². The van der Waals surface area contributed by atoms with Crippen molar-refractivity contribution in [3.05, 3.63) is 70.7 Å². The molecule has 7 rings (SSSR count). The van der Waals surface area contributed by atoms with E-state index in [2.05, 4.69) is 42.6 Å². The Balaban J connectivity index is 1.42. The molecule has 0 amide bonds. The van der Waals surface area contributed by atoms with Crippen molar-refractivity contribution >= 4 is 22.3 Å². The van der Waals surface area contributed by atoms with Crippen LogP contribution in [0.25, 0.3) is 10.9 Å². The molecule has 3 aliphatic carbocycles. The number of fused-ring (bicyclic) bond motifs is 1. The number of pyridine rings is 2. The summed E-state index contributed by atoms with van der Waals surface area (Å²) in [7, 11) is 0. The molecule has 0 unspecified atom stereocenters. The van der Waals surface area contributed by atoms with Gasteiger partial charge in [0.2, 0.25) is 5.95 Å². The second-order valence-corrected chi connectivity index (χ2v) is 12.2. The normalized spacial score (nSPS) is 21.6. The van der Waals surface area contributed by atoms with Crippen LogP contribution >= 0.6 is 0 Å². The molecule has 222 valence electrons. The lowest BCUT2D eigenvalue weighted by Gasteiger charge is -2.64. The lowest BCUT2D eigenvalue weighted by atomic mass is 9.49.